The van der Waals surface area contributed by atoms with Gasteiger partial charge < -0.3 is 10.1 Å². The van der Waals surface area contributed by atoms with Gasteiger partial charge in [0, 0.05) is 18.5 Å². The van der Waals surface area contributed by atoms with Crippen molar-refractivity contribution in [3.63, 3.8) is 0 Å². The lowest BCUT2D eigenvalue weighted by Crippen LogP contribution is -2.62. The molecule has 6 heteroatoms. The quantitative estimate of drug-likeness (QED) is 0.876. The Kier molecular flexibility index (Phi) is 5.49. The lowest BCUT2D eigenvalue weighted by molar-refractivity contribution is -0.140. The number of amides is 1. The Hall–Kier alpha value is -1.40. The molecule has 1 aliphatic heterocycles. The van der Waals surface area contributed by atoms with Crippen LogP contribution >= 0.6 is 0 Å². The number of ether oxygens (including phenoxy) is 1. The second-order valence-electron chi connectivity index (χ2n) is 8.40. The van der Waals surface area contributed by atoms with Gasteiger partial charge in [0.15, 0.2) is 0 Å². The molecular weight excluding hydrogens is 316 g/mol. The molecule has 1 amide bonds. The number of hydrogen-bond acceptors (Lipinski definition) is 4. The molecule has 0 unspecified atom stereocenters. The van der Waals surface area contributed by atoms with Crippen LogP contribution in [0.2, 0.25) is 0 Å². The van der Waals surface area contributed by atoms with Crippen LogP contribution in [0.3, 0.4) is 0 Å². The number of nitrogens with one attached hydrogen (secondary N) is 2. The Morgan fingerprint density at radius 2 is 1.96 bits per heavy atom. The summed E-state index contributed by atoms with van der Waals surface area (Å²) in [6, 6.07) is 2.06. The number of aromatic amines is 1. The maximum absolute atomic E-state index is 13.2. The Labute approximate surface area is 150 Å². The summed E-state index contributed by atoms with van der Waals surface area (Å²) < 4.78 is 5.49. The number of carbonyl (C=O) groups excluding carboxylic acids is 1. The van der Waals surface area contributed by atoms with Crippen LogP contribution in [0.4, 0.5) is 0 Å². The molecule has 2 aliphatic rings. The van der Waals surface area contributed by atoms with E-state index in [1.54, 1.807) is 0 Å². The number of morpholine rings is 1. The van der Waals surface area contributed by atoms with Gasteiger partial charge in [-0.05, 0) is 18.9 Å². The Bertz CT molecular complexity index is 578. The van der Waals surface area contributed by atoms with Crippen LogP contribution in [-0.2, 0) is 21.5 Å². The van der Waals surface area contributed by atoms with E-state index in [-0.39, 0.29) is 16.9 Å². The van der Waals surface area contributed by atoms with E-state index in [1.165, 1.54) is 6.42 Å². The second-order valence-corrected chi connectivity index (χ2v) is 8.40. The van der Waals surface area contributed by atoms with E-state index < -0.39 is 0 Å². The molecule has 25 heavy (non-hydrogen) atoms. The monoisotopic (exact) mass is 348 g/mol. The third-order valence-electron chi connectivity index (χ3n) is 5.56. The molecule has 2 N–H and O–H groups in total. The molecule has 1 aromatic rings. The lowest BCUT2D eigenvalue weighted by Gasteiger charge is -2.46. The first-order valence-electron chi connectivity index (χ1n) is 9.58. The van der Waals surface area contributed by atoms with Crippen molar-refractivity contribution in [3.8, 4) is 0 Å². The van der Waals surface area contributed by atoms with Gasteiger partial charge in [-0.15, -0.1) is 0 Å². The van der Waals surface area contributed by atoms with Crippen molar-refractivity contribution in [1.29, 1.82) is 0 Å². The fourth-order valence-electron chi connectivity index (χ4n) is 3.99. The fraction of sp³-hybridized carbons (Fsp3) is 0.789. The molecule has 1 saturated heterocycles. The molecule has 1 aliphatic carbocycles. The van der Waals surface area contributed by atoms with Crippen molar-refractivity contribution in [2.24, 2.45) is 0 Å². The maximum Gasteiger partial charge on any atom is 0.240 e. The molecule has 0 radical (unpaired) electrons. The zero-order chi connectivity index (χ0) is 17.9. The molecule has 2 heterocycles. The fourth-order valence-corrected chi connectivity index (χ4v) is 3.99. The first kappa shape index (κ1) is 18.4. The van der Waals surface area contributed by atoms with Gasteiger partial charge in [-0.25, -0.2) is 0 Å². The molecule has 0 aromatic carbocycles. The number of aromatic nitrogens is 2. The second kappa shape index (κ2) is 7.46. The van der Waals surface area contributed by atoms with E-state index in [0.717, 1.165) is 63.4 Å². The van der Waals surface area contributed by atoms with Crippen LogP contribution in [0.5, 0.6) is 0 Å². The number of rotatable bonds is 4. The number of carbonyl (C=O) groups is 1. The normalized spacial score (nSPS) is 21.9. The summed E-state index contributed by atoms with van der Waals surface area (Å²) in [6.07, 6.45) is 5.39. The molecule has 1 saturated carbocycles. The van der Waals surface area contributed by atoms with Crippen molar-refractivity contribution in [3.05, 3.63) is 17.5 Å². The zero-order valence-electron chi connectivity index (χ0n) is 15.9. The summed E-state index contributed by atoms with van der Waals surface area (Å²) >= 11 is 0. The highest BCUT2D eigenvalue weighted by Gasteiger charge is 2.44. The predicted octanol–water partition coefficient (Wildman–Crippen LogP) is 2.36. The topological polar surface area (TPSA) is 70.2 Å². The maximum atomic E-state index is 13.2. The third kappa shape index (κ3) is 4.06. The van der Waals surface area contributed by atoms with E-state index in [1.807, 2.05) is 0 Å². The highest BCUT2D eigenvalue weighted by molar-refractivity contribution is 5.86. The van der Waals surface area contributed by atoms with Crippen LogP contribution in [0, 0.1) is 0 Å². The smallest absolute Gasteiger partial charge is 0.240 e. The first-order chi connectivity index (χ1) is 11.9. The van der Waals surface area contributed by atoms with Crippen molar-refractivity contribution in [1.82, 2.24) is 20.4 Å². The number of hydrogen-bond donors (Lipinski definition) is 2. The zero-order valence-corrected chi connectivity index (χ0v) is 15.9. The van der Waals surface area contributed by atoms with Gasteiger partial charge in [-0.3, -0.25) is 14.8 Å². The molecular formula is C19H32N4O2. The summed E-state index contributed by atoms with van der Waals surface area (Å²) in [7, 11) is 0. The summed E-state index contributed by atoms with van der Waals surface area (Å²) in [5.41, 5.74) is 1.65. The standard InChI is InChI=1S/C19H32N4O2/c1-18(2,3)16-13-15(21-22-16)14-20-17(24)19(7-5-4-6-8-19)23-9-11-25-12-10-23/h13H,4-12,14H2,1-3H3,(H,20,24)(H,21,22). The SMILES string of the molecule is CC(C)(C)c1cc(CNC(=O)C2(N3CCOCC3)CCCCC2)[nH]n1. The van der Waals surface area contributed by atoms with Gasteiger partial charge >= 0.3 is 0 Å². The summed E-state index contributed by atoms with van der Waals surface area (Å²) in [6.45, 7) is 10.1. The average Bonchev–Trinajstić information content (AvgIpc) is 3.10. The van der Waals surface area contributed by atoms with Crippen LogP contribution in [0.15, 0.2) is 6.07 Å². The number of H-pyrrole nitrogens is 1. The highest BCUT2D eigenvalue weighted by atomic mass is 16.5. The summed E-state index contributed by atoms with van der Waals surface area (Å²) in [5.74, 6) is 0.168. The van der Waals surface area contributed by atoms with Gasteiger partial charge in [-0.1, -0.05) is 40.0 Å². The van der Waals surface area contributed by atoms with Crippen molar-refractivity contribution >= 4 is 5.91 Å². The van der Waals surface area contributed by atoms with E-state index >= 15 is 0 Å². The molecule has 1 aromatic heterocycles. The van der Waals surface area contributed by atoms with Crippen molar-refractivity contribution in [2.75, 3.05) is 26.3 Å². The Morgan fingerprint density at radius 3 is 2.56 bits per heavy atom. The van der Waals surface area contributed by atoms with Crippen LogP contribution < -0.4 is 5.32 Å². The van der Waals surface area contributed by atoms with Gasteiger partial charge in [0.25, 0.3) is 0 Å². The summed E-state index contributed by atoms with van der Waals surface area (Å²) in [4.78, 5) is 15.5. The molecule has 0 bridgehead atoms. The average molecular weight is 348 g/mol. The minimum absolute atomic E-state index is 0.0111. The van der Waals surface area contributed by atoms with E-state index in [0.29, 0.717) is 6.54 Å². The Morgan fingerprint density at radius 1 is 1.28 bits per heavy atom. The van der Waals surface area contributed by atoms with Crippen LogP contribution in [0.25, 0.3) is 0 Å². The molecule has 0 atom stereocenters. The van der Waals surface area contributed by atoms with E-state index in [9.17, 15) is 4.79 Å². The van der Waals surface area contributed by atoms with E-state index in [2.05, 4.69) is 47.3 Å². The number of nitrogens with zero attached hydrogens (tertiary/aromatic N) is 2. The molecule has 2 fully saturated rings. The van der Waals surface area contributed by atoms with Gasteiger partial charge in [0.05, 0.1) is 31.1 Å². The minimum Gasteiger partial charge on any atom is -0.379 e. The van der Waals surface area contributed by atoms with Gasteiger partial charge in [0.1, 0.15) is 5.54 Å². The van der Waals surface area contributed by atoms with Crippen LogP contribution in [0.1, 0.15) is 64.3 Å². The molecule has 3 rings (SSSR count). The Balaban J connectivity index is 1.67. The van der Waals surface area contributed by atoms with Crippen LogP contribution in [-0.4, -0.2) is 52.8 Å². The third-order valence-corrected chi connectivity index (χ3v) is 5.56. The highest BCUT2D eigenvalue weighted by Crippen LogP contribution is 2.34. The minimum atomic E-state index is -0.352. The predicted molar refractivity (Wildman–Crippen MR) is 97.3 cm³/mol. The molecule has 0 spiro atoms. The lowest BCUT2D eigenvalue weighted by atomic mass is 9.79. The van der Waals surface area contributed by atoms with Crippen molar-refractivity contribution < 1.29 is 9.53 Å². The molecule has 6 nitrogen and oxygen atoms in total. The van der Waals surface area contributed by atoms with Gasteiger partial charge in [-0.2, -0.15) is 5.10 Å². The van der Waals surface area contributed by atoms with Crippen molar-refractivity contribution in [2.45, 2.75) is 70.4 Å². The largest absolute Gasteiger partial charge is 0.379 e. The molecule has 140 valence electrons. The first-order valence-corrected chi connectivity index (χ1v) is 9.58. The summed E-state index contributed by atoms with van der Waals surface area (Å²) in [5, 5.41) is 10.6. The van der Waals surface area contributed by atoms with E-state index in [4.69, 9.17) is 4.74 Å². The van der Waals surface area contributed by atoms with Gasteiger partial charge in [0.2, 0.25) is 5.91 Å².